The van der Waals surface area contributed by atoms with Gasteiger partial charge in [0.15, 0.2) is 22.8 Å². The molecule has 5 heterocycles. The number of nitrogens with zero attached hydrogens (tertiary/aromatic N) is 5. The van der Waals surface area contributed by atoms with Gasteiger partial charge in [-0.2, -0.15) is 0 Å². The fourth-order valence-corrected chi connectivity index (χ4v) is 5.13. The van der Waals surface area contributed by atoms with Gasteiger partial charge < -0.3 is 20.1 Å². The van der Waals surface area contributed by atoms with Gasteiger partial charge in [0.25, 0.3) is 0 Å². The maximum absolute atomic E-state index is 11.8. The van der Waals surface area contributed by atoms with E-state index in [9.17, 15) is 9.46 Å². The highest BCUT2D eigenvalue weighted by atomic mass is 32.2. The number of anilines is 1. The number of hydrogen-bond donors (Lipinski definition) is 2. The number of hydrogen-bond acceptors (Lipinski definition) is 11. The number of aromatic nitrogens is 5. The molecule has 5 atom stereocenters. The average Bonchev–Trinajstić information content (AvgIpc) is 3.28. The maximum Gasteiger partial charge on any atom is 0.472 e. The molecule has 2 saturated heterocycles. The number of pyridine rings is 1. The van der Waals surface area contributed by atoms with Crippen LogP contribution in [0.3, 0.4) is 0 Å². The van der Waals surface area contributed by atoms with Crippen molar-refractivity contribution in [1.82, 2.24) is 24.5 Å². The molecule has 5 rings (SSSR count). The molecule has 0 aliphatic carbocycles. The number of fused-ring (bicyclic) bond motifs is 2. The van der Waals surface area contributed by atoms with E-state index in [2.05, 4.69) is 19.9 Å². The molecule has 0 bridgehead atoms. The van der Waals surface area contributed by atoms with Gasteiger partial charge >= 0.3 is 7.82 Å². The van der Waals surface area contributed by atoms with Crippen LogP contribution in [0.2, 0.25) is 0 Å². The number of nitrogens with two attached hydrogens (primary N) is 1. The Kier molecular flexibility index (Phi) is 4.98. The molecular formula is C16H17N6O6PS. The van der Waals surface area contributed by atoms with Crippen molar-refractivity contribution in [3.8, 4) is 0 Å². The lowest BCUT2D eigenvalue weighted by atomic mass is 10.1. The summed E-state index contributed by atoms with van der Waals surface area (Å²) in [7, 11) is -2.69. The first-order valence-electron chi connectivity index (χ1n) is 8.88. The molecule has 2 aliphatic rings. The molecule has 0 saturated carbocycles. The van der Waals surface area contributed by atoms with Crippen molar-refractivity contribution in [2.45, 2.75) is 34.7 Å². The zero-order valence-electron chi connectivity index (χ0n) is 15.6. The summed E-state index contributed by atoms with van der Waals surface area (Å²) in [6, 6.07) is 5.51. The number of phosphoric acid groups is 1. The van der Waals surface area contributed by atoms with E-state index in [0.29, 0.717) is 21.3 Å². The van der Waals surface area contributed by atoms with Crippen LogP contribution in [0.5, 0.6) is 0 Å². The third-order valence-electron chi connectivity index (χ3n) is 4.75. The van der Waals surface area contributed by atoms with E-state index in [-0.39, 0.29) is 12.4 Å². The summed E-state index contributed by atoms with van der Waals surface area (Å²) in [5.74, 6) is 0.209. The van der Waals surface area contributed by atoms with Crippen LogP contribution in [0.25, 0.3) is 11.2 Å². The summed E-state index contributed by atoms with van der Waals surface area (Å²) in [5, 5.41) is 1.11. The molecule has 0 amide bonds. The molecule has 30 heavy (non-hydrogen) atoms. The number of ether oxygens (including phenoxy) is 2. The van der Waals surface area contributed by atoms with Gasteiger partial charge in [-0.05, 0) is 23.9 Å². The molecule has 0 radical (unpaired) electrons. The molecule has 14 heteroatoms. The molecule has 158 valence electrons. The summed E-state index contributed by atoms with van der Waals surface area (Å²) in [5.41, 5.74) is 6.93. The van der Waals surface area contributed by atoms with Crippen LogP contribution in [-0.2, 0) is 23.1 Å². The fraction of sp³-hybridized carbons (Fsp3) is 0.375. The smallest absolute Gasteiger partial charge is 0.382 e. The monoisotopic (exact) mass is 452 g/mol. The fourth-order valence-electron chi connectivity index (χ4n) is 3.45. The molecule has 5 unspecified atom stereocenters. The summed E-state index contributed by atoms with van der Waals surface area (Å²) in [6.45, 7) is -0.0979. The van der Waals surface area contributed by atoms with E-state index in [1.807, 2.05) is 18.2 Å². The van der Waals surface area contributed by atoms with Crippen LogP contribution < -0.4 is 5.73 Å². The zero-order chi connectivity index (χ0) is 20.9. The quantitative estimate of drug-likeness (QED) is 0.434. The second-order valence-corrected chi connectivity index (χ2v) is 8.98. The Morgan fingerprint density at radius 3 is 3.00 bits per heavy atom. The average molecular weight is 452 g/mol. The third-order valence-corrected chi connectivity index (χ3v) is 6.55. The summed E-state index contributed by atoms with van der Waals surface area (Å²) in [4.78, 5) is 27.1. The van der Waals surface area contributed by atoms with Crippen molar-refractivity contribution < 1.29 is 28.0 Å². The highest BCUT2D eigenvalue weighted by Gasteiger charge is 2.53. The highest BCUT2D eigenvalue weighted by molar-refractivity contribution is 7.99. The van der Waals surface area contributed by atoms with Gasteiger partial charge in [0.1, 0.15) is 28.9 Å². The van der Waals surface area contributed by atoms with Gasteiger partial charge in [0.05, 0.1) is 12.9 Å². The second-order valence-electron chi connectivity index (χ2n) is 6.59. The van der Waals surface area contributed by atoms with Crippen molar-refractivity contribution >= 4 is 36.6 Å². The Bertz CT molecular complexity index is 1130. The van der Waals surface area contributed by atoms with Crippen LogP contribution in [0, 0.1) is 0 Å². The Morgan fingerprint density at radius 2 is 2.23 bits per heavy atom. The lowest BCUT2D eigenvalue weighted by Crippen LogP contribution is -2.40. The first-order valence-corrected chi connectivity index (χ1v) is 11.2. The summed E-state index contributed by atoms with van der Waals surface area (Å²) in [6.07, 6.45) is 0.391. The topological polar surface area (TPSA) is 157 Å². The van der Waals surface area contributed by atoms with Gasteiger partial charge in [-0.3, -0.25) is 13.6 Å². The van der Waals surface area contributed by atoms with Crippen LogP contribution in [0.15, 0.2) is 40.9 Å². The summed E-state index contributed by atoms with van der Waals surface area (Å²) < 4.78 is 35.1. The van der Waals surface area contributed by atoms with E-state index in [0.717, 1.165) is 0 Å². The molecule has 0 spiro atoms. The number of methoxy groups -OCH3 is 1. The van der Waals surface area contributed by atoms with Crippen LogP contribution in [0.4, 0.5) is 5.82 Å². The number of rotatable bonds is 4. The largest absolute Gasteiger partial charge is 0.472 e. The minimum Gasteiger partial charge on any atom is -0.382 e. The van der Waals surface area contributed by atoms with Crippen molar-refractivity contribution in [1.29, 1.82) is 0 Å². The first-order chi connectivity index (χ1) is 14.4. The van der Waals surface area contributed by atoms with Crippen molar-refractivity contribution in [2.24, 2.45) is 0 Å². The highest BCUT2D eigenvalue weighted by Crippen LogP contribution is 2.53. The van der Waals surface area contributed by atoms with Crippen molar-refractivity contribution in [3.63, 3.8) is 0 Å². The van der Waals surface area contributed by atoms with Crippen LogP contribution >= 0.6 is 19.6 Å². The Hall–Kier alpha value is -2.12. The van der Waals surface area contributed by atoms with Gasteiger partial charge in [-0.1, -0.05) is 6.07 Å². The molecule has 12 nitrogen and oxygen atoms in total. The number of nitrogen functional groups attached to an aromatic ring is 1. The number of imidazole rings is 1. The second kappa shape index (κ2) is 7.54. The standard InChI is InChI=1S/C16H17N6O6PS/c1-25-12-11-8(6-26-29(23,24)28-11)27-15(12)22-7-19-10-13(17)20-16(21-14(10)22)30-9-4-2-3-5-18-9/h2-5,7-8,11-12,15H,6H2,1H3,(H,23,24)(H2,17,20,21). The Labute approximate surface area is 174 Å². The molecule has 3 N–H and O–H groups in total. The van der Waals surface area contributed by atoms with Gasteiger partial charge in [0.2, 0.25) is 0 Å². The van der Waals surface area contributed by atoms with Crippen LogP contribution in [-0.4, -0.2) is 61.4 Å². The minimum atomic E-state index is -4.15. The molecule has 2 aliphatic heterocycles. The molecule has 3 aromatic heterocycles. The van der Waals surface area contributed by atoms with Gasteiger partial charge in [-0.15, -0.1) is 0 Å². The number of phosphoric ester groups is 1. The SMILES string of the molecule is COC1C2OP(=O)(O)OCC2OC1n1cnc2c(N)nc(Sc3ccccn3)nc21. The van der Waals surface area contributed by atoms with Crippen molar-refractivity contribution in [3.05, 3.63) is 30.7 Å². The lowest BCUT2D eigenvalue weighted by molar-refractivity contribution is -0.0667. The lowest BCUT2D eigenvalue weighted by Gasteiger charge is -2.29. The van der Waals surface area contributed by atoms with E-state index in [1.165, 1.54) is 25.2 Å². The Morgan fingerprint density at radius 1 is 1.37 bits per heavy atom. The first kappa shape index (κ1) is 19.8. The van der Waals surface area contributed by atoms with E-state index in [4.69, 9.17) is 24.3 Å². The van der Waals surface area contributed by atoms with Gasteiger partial charge in [-0.25, -0.2) is 24.5 Å². The predicted molar refractivity (Wildman–Crippen MR) is 103 cm³/mol. The molecule has 3 aromatic rings. The maximum atomic E-state index is 11.8. The van der Waals surface area contributed by atoms with Crippen molar-refractivity contribution in [2.75, 3.05) is 19.5 Å². The predicted octanol–water partition coefficient (Wildman–Crippen LogP) is 1.38. The van der Waals surface area contributed by atoms with Gasteiger partial charge in [0, 0.05) is 13.3 Å². The summed E-state index contributed by atoms with van der Waals surface area (Å²) >= 11 is 1.26. The molecule has 0 aromatic carbocycles. The third kappa shape index (κ3) is 3.48. The Balaban J connectivity index is 1.52. The minimum absolute atomic E-state index is 0.0979. The zero-order valence-corrected chi connectivity index (χ0v) is 17.3. The van der Waals surface area contributed by atoms with E-state index in [1.54, 1.807) is 10.8 Å². The van der Waals surface area contributed by atoms with Crippen LogP contribution in [0.1, 0.15) is 6.23 Å². The molecule has 2 fully saturated rings. The van der Waals surface area contributed by atoms with E-state index >= 15 is 0 Å². The molecular weight excluding hydrogens is 435 g/mol. The normalized spacial score (nSPS) is 31.1. The van der Waals surface area contributed by atoms with E-state index < -0.39 is 32.4 Å².